The van der Waals surface area contributed by atoms with Crippen LogP contribution in [-0.2, 0) is 0 Å². The first-order valence-corrected chi connectivity index (χ1v) is 8.72. The summed E-state index contributed by atoms with van der Waals surface area (Å²) in [6.07, 6.45) is 0. The zero-order chi connectivity index (χ0) is 16.9. The van der Waals surface area contributed by atoms with E-state index >= 15 is 0 Å². The van der Waals surface area contributed by atoms with Crippen LogP contribution in [0.15, 0.2) is 84.9 Å². The Labute approximate surface area is 150 Å². The lowest BCUT2D eigenvalue weighted by Gasteiger charge is -2.07. The van der Waals surface area contributed by atoms with Gasteiger partial charge in [0.15, 0.2) is 5.82 Å². The fraction of sp³-hybridized carbons (Fsp3) is 0. The Bertz CT molecular complexity index is 934. The number of anilines is 4. The molecule has 0 saturated carbocycles. The number of nitrogens with one attached hydrogen (secondary N) is 2. The van der Waals surface area contributed by atoms with E-state index < -0.39 is 0 Å². The van der Waals surface area contributed by atoms with Crippen LogP contribution < -0.4 is 10.6 Å². The smallest absolute Gasteiger partial charge is 0.207 e. The lowest BCUT2D eigenvalue weighted by Crippen LogP contribution is -1.92. The maximum Gasteiger partial charge on any atom is 0.207 e. The number of benzene rings is 3. The fourth-order valence-electron chi connectivity index (χ4n) is 2.43. The molecule has 0 aliphatic carbocycles. The Kier molecular flexibility index (Phi) is 4.39. The van der Waals surface area contributed by atoms with Gasteiger partial charge in [0.2, 0.25) is 5.13 Å². The van der Waals surface area contributed by atoms with Crippen LogP contribution in [0.25, 0.3) is 11.4 Å². The van der Waals surface area contributed by atoms with Crippen molar-refractivity contribution in [1.29, 1.82) is 0 Å². The van der Waals surface area contributed by atoms with E-state index in [9.17, 15) is 0 Å². The van der Waals surface area contributed by atoms with E-state index in [0.717, 1.165) is 33.6 Å². The normalized spacial score (nSPS) is 10.4. The highest BCUT2D eigenvalue weighted by atomic mass is 32.1. The zero-order valence-electron chi connectivity index (χ0n) is 13.4. The van der Waals surface area contributed by atoms with Crippen molar-refractivity contribution in [1.82, 2.24) is 9.36 Å². The molecule has 2 N–H and O–H groups in total. The van der Waals surface area contributed by atoms with Crippen LogP contribution in [0.3, 0.4) is 0 Å². The average molecular weight is 344 g/mol. The van der Waals surface area contributed by atoms with Gasteiger partial charge in [0.05, 0.1) is 0 Å². The summed E-state index contributed by atoms with van der Waals surface area (Å²) in [7, 11) is 0. The molecule has 1 aromatic heterocycles. The van der Waals surface area contributed by atoms with Gasteiger partial charge < -0.3 is 10.6 Å². The van der Waals surface area contributed by atoms with Crippen molar-refractivity contribution in [3.63, 3.8) is 0 Å². The Morgan fingerprint density at radius 2 is 1.16 bits per heavy atom. The van der Waals surface area contributed by atoms with Crippen molar-refractivity contribution in [3.8, 4) is 11.4 Å². The van der Waals surface area contributed by atoms with Gasteiger partial charge in [0.25, 0.3) is 0 Å². The van der Waals surface area contributed by atoms with Crippen LogP contribution in [-0.4, -0.2) is 9.36 Å². The number of hydrogen-bond acceptors (Lipinski definition) is 5. The van der Waals surface area contributed by atoms with Crippen LogP contribution in [0.5, 0.6) is 0 Å². The molecule has 0 spiro atoms. The van der Waals surface area contributed by atoms with Crippen molar-refractivity contribution in [3.05, 3.63) is 84.9 Å². The van der Waals surface area contributed by atoms with Crippen molar-refractivity contribution in [2.45, 2.75) is 0 Å². The summed E-state index contributed by atoms with van der Waals surface area (Å²) < 4.78 is 4.41. The number of hydrogen-bond donors (Lipinski definition) is 2. The molecule has 0 unspecified atom stereocenters. The third kappa shape index (κ3) is 3.84. The van der Waals surface area contributed by atoms with Gasteiger partial charge in [0, 0.05) is 34.2 Å². The van der Waals surface area contributed by atoms with E-state index in [2.05, 4.69) is 20.0 Å². The third-order valence-corrected chi connectivity index (χ3v) is 4.29. The van der Waals surface area contributed by atoms with Crippen molar-refractivity contribution < 1.29 is 0 Å². The number of aromatic nitrogens is 2. The van der Waals surface area contributed by atoms with Gasteiger partial charge >= 0.3 is 0 Å². The highest BCUT2D eigenvalue weighted by Crippen LogP contribution is 2.25. The maximum absolute atomic E-state index is 4.55. The lowest BCUT2D eigenvalue weighted by molar-refractivity contribution is 1.32. The maximum atomic E-state index is 4.55. The Morgan fingerprint density at radius 1 is 0.600 bits per heavy atom. The van der Waals surface area contributed by atoms with E-state index in [1.165, 1.54) is 11.5 Å². The summed E-state index contributed by atoms with van der Waals surface area (Å²) in [6.45, 7) is 0. The minimum Gasteiger partial charge on any atom is -0.356 e. The van der Waals surface area contributed by atoms with E-state index in [-0.39, 0.29) is 0 Å². The molecule has 0 aliphatic rings. The summed E-state index contributed by atoms with van der Waals surface area (Å²) in [5, 5.41) is 7.45. The molecule has 25 heavy (non-hydrogen) atoms. The van der Waals surface area contributed by atoms with E-state index in [1.54, 1.807) is 0 Å². The van der Waals surface area contributed by atoms with Gasteiger partial charge in [-0.2, -0.15) is 9.36 Å². The number of nitrogens with zero attached hydrogens (tertiary/aromatic N) is 2. The Hall–Kier alpha value is -3.18. The molecule has 0 bridgehead atoms. The molecule has 4 nitrogen and oxygen atoms in total. The minimum absolute atomic E-state index is 0.746. The molecule has 5 heteroatoms. The monoisotopic (exact) mass is 344 g/mol. The molecule has 0 aliphatic heterocycles. The molecule has 0 radical (unpaired) electrons. The molecule has 3 aromatic carbocycles. The van der Waals surface area contributed by atoms with Crippen molar-refractivity contribution in [2.24, 2.45) is 0 Å². The fourth-order valence-corrected chi connectivity index (χ4v) is 3.04. The summed E-state index contributed by atoms with van der Waals surface area (Å²) >= 11 is 1.36. The van der Waals surface area contributed by atoms with E-state index in [0.29, 0.717) is 0 Å². The first-order valence-electron chi connectivity index (χ1n) is 7.95. The second-order valence-electron chi connectivity index (χ2n) is 5.48. The first kappa shape index (κ1) is 15.4. The quantitative estimate of drug-likeness (QED) is 0.488. The van der Waals surface area contributed by atoms with Gasteiger partial charge in [-0.25, -0.2) is 0 Å². The number of rotatable bonds is 5. The Morgan fingerprint density at radius 3 is 1.84 bits per heavy atom. The van der Waals surface area contributed by atoms with E-state index in [4.69, 9.17) is 0 Å². The highest BCUT2D eigenvalue weighted by Gasteiger charge is 2.06. The van der Waals surface area contributed by atoms with Crippen molar-refractivity contribution >= 4 is 33.7 Å². The molecule has 122 valence electrons. The Balaban J connectivity index is 1.44. The minimum atomic E-state index is 0.746. The van der Waals surface area contributed by atoms with Crippen molar-refractivity contribution in [2.75, 3.05) is 10.6 Å². The SMILES string of the molecule is c1ccc(Nc2ccc(Nc3nc(-c4ccccc4)ns3)cc2)cc1. The molecule has 0 atom stereocenters. The topological polar surface area (TPSA) is 49.8 Å². The molecule has 0 saturated heterocycles. The summed E-state index contributed by atoms with van der Waals surface area (Å²) in [5.74, 6) is 0.746. The van der Waals surface area contributed by atoms with Gasteiger partial charge in [0.1, 0.15) is 0 Å². The summed E-state index contributed by atoms with van der Waals surface area (Å²) in [6, 6.07) is 28.2. The zero-order valence-corrected chi connectivity index (χ0v) is 14.2. The molecule has 1 heterocycles. The van der Waals surface area contributed by atoms with Gasteiger partial charge in [-0.05, 0) is 36.4 Å². The van der Waals surface area contributed by atoms with Crippen LogP contribution in [0.4, 0.5) is 22.2 Å². The van der Waals surface area contributed by atoms with Crippen LogP contribution in [0.2, 0.25) is 0 Å². The molecular formula is C20H16N4S. The van der Waals surface area contributed by atoms with Gasteiger partial charge in [-0.1, -0.05) is 48.5 Å². The summed E-state index contributed by atoms with van der Waals surface area (Å²) in [5.41, 5.74) is 4.11. The predicted octanol–water partition coefficient (Wildman–Crippen LogP) is 5.69. The summed E-state index contributed by atoms with van der Waals surface area (Å²) in [4.78, 5) is 4.55. The largest absolute Gasteiger partial charge is 0.356 e. The second-order valence-corrected chi connectivity index (χ2v) is 6.23. The molecule has 0 fully saturated rings. The van der Waals surface area contributed by atoms with Gasteiger partial charge in [-0.15, -0.1) is 0 Å². The van der Waals surface area contributed by atoms with Crippen LogP contribution in [0, 0.1) is 0 Å². The first-order chi connectivity index (χ1) is 12.4. The molecule has 0 amide bonds. The third-order valence-electron chi connectivity index (χ3n) is 3.66. The van der Waals surface area contributed by atoms with Gasteiger partial charge in [-0.3, -0.25) is 0 Å². The highest BCUT2D eigenvalue weighted by molar-refractivity contribution is 7.09. The number of para-hydroxylation sites is 1. The predicted molar refractivity (Wildman–Crippen MR) is 105 cm³/mol. The van der Waals surface area contributed by atoms with Crippen LogP contribution in [0.1, 0.15) is 0 Å². The molecule has 4 rings (SSSR count). The van der Waals surface area contributed by atoms with E-state index in [1.807, 2.05) is 84.9 Å². The molecule has 4 aromatic rings. The lowest BCUT2D eigenvalue weighted by atomic mass is 10.2. The molecular weight excluding hydrogens is 328 g/mol. The average Bonchev–Trinajstić information content (AvgIpc) is 3.14. The second kappa shape index (κ2) is 7.15. The van der Waals surface area contributed by atoms with Crippen LogP contribution >= 0.6 is 11.5 Å². The standard InChI is InChI=1S/C20H16N4S/c1-3-7-15(8-4-1)19-23-20(25-24-19)22-18-13-11-17(12-14-18)21-16-9-5-2-6-10-16/h1-14,21H,(H,22,23,24).